The van der Waals surface area contributed by atoms with Crippen LogP contribution >= 0.6 is 0 Å². The summed E-state index contributed by atoms with van der Waals surface area (Å²) in [6.45, 7) is 1.81. The van der Waals surface area contributed by atoms with Gasteiger partial charge in [-0.15, -0.1) is 0 Å². The van der Waals surface area contributed by atoms with Gasteiger partial charge in [0.05, 0.1) is 5.39 Å². The second-order valence-electron chi connectivity index (χ2n) is 7.92. The Morgan fingerprint density at radius 2 is 2.00 bits per heavy atom. The molecule has 4 rings (SSSR count). The molecule has 1 aromatic carbocycles. The topological polar surface area (TPSA) is 107 Å². The van der Waals surface area contributed by atoms with Gasteiger partial charge in [-0.25, -0.2) is 4.68 Å². The minimum absolute atomic E-state index is 0.000786. The highest BCUT2D eigenvalue weighted by Gasteiger charge is 2.42. The van der Waals surface area contributed by atoms with E-state index in [1.807, 2.05) is 6.92 Å². The number of hydrogen-bond donors (Lipinski definition) is 2. The van der Waals surface area contributed by atoms with Crippen LogP contribution in [-0.4, -0.2) is 27.6 Å². The maximum atomic E-state index is 12.7. The van der Waals surface area contributed by atoms with E-state index in [1.54, 1.807) is 24.3 Å². The third kappa shape index (κ3) is 3.22. The van der Waals surface area contributed by atoms with Gasteiger partial charge in [0.15, 0.2) is 5.69 Å². The van der Waals surface area contributed by atoms with Crippen LogP contribution < -0.4 is 16.6 Å². The molecule has 2 saturated carbocycles. The van der Waals surface area contributed by atoms with Crippen molar-refractivity contribution in [1.29, 1.82) is 0 Å². The van der Waals surface area contributed by atoms with Crippen LogP contribution in [0.1, 0.15) is 43.1 Å². The molecule has 4 atom stereocenters. The Bertz CT molecular complexity index is 967. The van der Waals surface area contributed by atoms with Crippen molar-refractivity contribution in [2.75, 3.05) is 0 Å². The number of carbonyl (C=O) groups excluding carboxylic acids is 2. The number of primary amides is 1. The minimum Gasteiger partial charge on any atom is -0.364 e. The Balaban J connectivity index is 1.54. The third-order valence-corrected chi connectivity index (χ3v) is 6.22. The summed E-state index contributed by atoms with van der Waals surface area (Å²) in [6.07, 6.45) is 5.02. The Morgan fingerprint density at radius 3 is 2.63 bits per heavy atom. The standard InChI is InChI=1S/C20H24N4O3/c1-11(16-9-12-6-7-13(16)8-12)22-17(25)10-24-20(27)15-5-3-2-4-14(15)18(23-24)19(21)26/h2-5,11-13,16H,6-10H2,1H3,(H2,21,26)(H,22,25)/t11-,12+,13+,16+/m1/s1. The molecule has 2 bridgehead atoms. The van der Waals surface area contributed by atoms with Crippen molar-refractivity contribution in [3.05, 3.63) is 40.3 Å². The summed E-state index contributed by atoms with van der Waals surface area (Å²) in [6, 6.07) is 6.73. The summed E-state index contributed by atoms with van der Waals surface area (Å²) in [5, 5.41) is 7.81. The highest BCUT2D eigenvalue weighted by atomic mass is 16.2. The number of nitrogens with zero attached hydrogens (tertiary/aromatic N) is 2. The van der Waals surface area contributed by atoms with E-state index in [4.69, 9.17) is 5.73 Å². The lowest BCUT2D eigenvalue weighted by atomic mass is 9.84. The molecular weight excluding hydrogens is 344 g/mol. The number of benzene rings is 1. The van der Waals surface area contributed by atoms with E-state index in [-0.39, 0.29) is 24.2 Å². The van der Waals surface area contributed by atoms with Gasteiger partial charge in [-0.05, 0) is 50.0 Å². The van der Waals surface area contributed by atoms with Crippen LogP contribution in [-0.2, 0) is 11.3 Å². The quantitative estimate of drug-likeness (QED) is 0.832. The van der Waals surface area contributed by atoms with Crippen molar-refractivity contribution >= 4 is 22.6 Å². The highest BCUT2D eigenvalue weighted by molar-refractivity contribution is 6.04. The SMILES string of the molecule is C[C@@H](NC(=O)Cn1nc(C(N)=O)c2ccccc2c1=O)[C@@H]1C[C@H]2CC[C@H]1C2. The molecule has 27 heavy (non-hydrogen) atoms. The lowest BCUT2D eigenvalue weighted by Crippen LogP contribution is -2.43. The number of nitrogens with one attached hydrogen (secondary N) is 1. The molecule has 2 aromatic rings. The Hall–Kier alpha value is -2.70. The number of hydrogen-bond acceptors (Lipinski definition) is 4. The normalized spacial score (nSPS) is 24.9. The van der Waals surface area contributed by atoms with Gasteiger partial charge in [-0.2, -0.15) is 5.10 Å². The summed E-state index contributed by atoms with van der Waals surface area (Å²) in [7, 11) is 0. The van der Waals surface area contributed by atoms with Crippen molar-refractivity contribution in [2.45, 2.75) is 45.2 Å². The molecule has 0 unspecified atom stereocenters. The van der Waals surface area contributed by atoms with E-state index in [2.05, 4.69) is 10.4 Å². The molecule has 0 aliphatic heterocycles. The molecule has 0 radical (unpaired) electrons. The minimum atomic E-state index is -0.726. The number of rotatable bonds is 5. The zero-order valence-electron chi connectivity index (χ0n) is 15.4. The van der Waals surface area contributed by atoms with Gasteiger partial charge in [-0.1, -0.05) is 24.6 Å². The summed E-state index contributed by atoms with van der Waals surface area (Å²) in [5.74, 6) is 1.02. The van der Waals surface area contributed by atoms with Gasteiger partial charge < -0.3 is 11.1 Å². The molecule has 2 amide bonds. The Labute approximate surface area is 156 Å². The first-order valence-corrected chi connectivity index (χ1v) is 9.53. The number of carbonyl (C=O) groups is 2. The molecule has 3 N–H and O–H groups in total. The molecule has 2 fully saturated rings. The molecule has 7 nitrogen and oxygen atoms in total. The van der Waals surface area contributed by atoms with Gasteiger partial charge in [-0.3, -0.25) is 14.4 Å². The van der Waals surface area contributed by atoms with Crippen molar-refractivity contribution in [3.63, 3.8) is 0 Å². The van der Waals surface area contributed by atoms with Crippen LogP contribution in [0.5, 0.6) is 0 Å². The van der Waals surface area contributed by atoms with Crippen molar-refractivity contribution < 1.29 is 9.59 Å². The second-order valence-corrected chi connectivity index (χ2v) is 7.92. The summed E-state index contributed by atoms with van der Waals surface area (Å²) in [5.41, 5.74) is 5.01. The van der Waals surface area contributed by atoms with Crippen molar-refractivity contribution in [1.82, 2.24) is 15.1 Å². The number of amides is 2. The highest BCUT2D eigenvalue weighted by Crippen LogP contribution is 2.49. The number of aromatic nitrogens is 2. The van der Waals surface area contributed by atoms with Crippen LogP contribution in [0.3, 0.4) is 0 Å². The fourth-order valence-corrected chi connectivity index (χ4v) is 4.97. The third-order valence-electron chi connectivity index (χ3n) is 6.22. The average molecular weight is 368 g/mol. The summed E-state index contributed by atoms with van der Waals surface area (Å²) in [4.78, 5) is 36.9. The first-order chi connectivity index (χ1) is 12.9. The predicted octanol–water partition coefficient (Wildman–Crippen LogP) is 1.44. The number of fused-ring (bicyclic) bond motifs is 3. The van der Waals surface area contributed by atoms with E-state index in [0.717, 1.165) is 10.6 Å². The van der Waals surface area contributed by atoms with E-state index >= 15 is 0 Å². The van der Waals surface area contributed by atoms with Crippen LogP contribution in [0.15, 0.2) is 29.1 Å². The fourth-order valence-electron chi connectivity index (χ4n) is 4.97. The molecule has 142 valence electrons. The van der Waals surface area contributed by atoms with Crippen molar-refractivity contribution in [3.8, 4) is 0 Å². The van der Waals surface area contributed by atoms with E-state index in [9.17, 15) is 14.4 Å². The smallest absolute Gasteiger partial charge is 0.275 e. The van der Waals surface area contributed by atoms with Crippen LogP contribution in [0.2, 0.25) is 0 Å². The molecule has 1 aromatic heterocycles. The fraction of sp³-hybridized carbons (Fsp3) is 0.500. The van der Waals surface area contributed by atoms with Gasteiger partial charge >= 0.3 is 0 Å². The van der Waals surface area contributed by atoms with E-state index in [1.165, 1.54) is 25.7 Å². The van der Waals surface area contributed by atoms with Crippen molar-refractivity contribution in [2.24, 2.45) is 23.5 Å². The van der Waals surface area contributed by atoms with Gasteiger partial charge in [0, 0.05) is 11.4 Å². The second kappa shape index (κ2) is 6.79. The zero-order valence-corrected chi connectivity index (χ0v) is 15.4. The van der Waals surface area contributed by atoms with Gasteiger partial charge in [0.2, 0.25) is 5.91 Å². The molecule has 0 spiro atoms. The molecule has 0 saturated heterocycles. The lowest BCUT2D eigenvalue weighted by Gasteiger charge is -2.28. The molecular formula is C20H24N4O3. The zero-order chi connectivity index (χ0) is 19.1. The first kappa shape index (κ1) is 17.7. The lowest BCUT2D eigenvalue weighted by molar-refractivity contribution is -0.123. The first-order valence-electron chi connectivity index (χ1n) is 9.53. The summed E-state index contributed by atoms with van der Waals surface area (Å²) >= 11 is 0. The Morgan fingerprint density at radius 1 is 1.26 bits per heavy atom. The molecule has 7 heteroatoms. The average Bonchev–Trinajstić information content (AvgIpc) is 3.27. The maximum Gasteiger partial charge on any atom is 0.275 e. The van der Waals surface area contributed by atoms with Crippen LogP contribution in [0.25, 0.3) is 10.8 Å². The predicted molar refractivity (Wildman–Crippen MR) is 101 cm³/mol. The monoisotopic (exact) mass is 368 g/mol. The van der Waals surface area contributed by atoms with Gasteiger partial charge in [0.25, 0.3) is 11.5 Å². The molecule has 2 aliphatic carbocycles. The number of nitrogens with two attached hydrogens (primary N) is 1. The van der Waals surface area contributed by atoms with E-state index < -0.39 is 11.5 Å². The van der Waals surface area contributed by atoms with Crippen LogP contribution in [0.4, 0.5) is 0 Å². The Kier molecular flexibility index (Phi) is 4.45. The molecule has 2 aliphatic rings. The molecule has 1 heterocycles. The van der Waals surface area contributed by atoms with Crippen LogP contribution in [0, 0.1) is 17.8 Å². The van der Waals surface area contributed by atoms with E-state index in [0.29, 0.717) is 22.6 Å². The summed E-state index contributed by atoms with van der Waals surface area (Å²) < 4.78 is 1.03. The van der Waals surface area contributed by atoms with Gasteiger partial charge in [0.1, 0.15) is 6.54 Å². The maximum absolute atomic E-state index is 12.7. The largest absolute Gasteiger partial charge is 0.364 e.